The van der Waals surface area contributed by atoms with Crippen LogP contribution in [0.4, 0.5) is 13.2 Å². The van der Waals surface area contributed by atoms with Crippen molar-refractivity contribution in [2.24, 2.45) is 17.2 Å². The van der Waals surface area contributed by atoms with Crippen LogP contribution in [0.15, 0.2) is 18.2 Å². The molecule has 2 amide bonds. The van der Waals surface area contributed by atoms with Crippen molar-refractivity contribution in [2.75, 3.05) is 6.61 Å². The molecule has 0 radical (unpaired) electrons. The molecule has 0 saturated heterocycles. The summed E-state index contributed by atoms with van der Waals surface area (Å²) in [6.07, 6.45) is -4.75. The number of benzene rings is 1. The van der Waals surface area contributed by atoms with Crippen LogP contribution in [0.2, 0.25) is 0 Å². The Balaban J connectivity index is 3.07. The molecule has 1 atom stereocenters. The van der Waals surface area contributed by atoms with Crippen molar-refractivity contribution in [3.8, 4) is 5.75 Å². The van der Waals surface area contributed by atoms with Gasteiger partial charge in [-0.1, -0.05) is 0 Å². The van der Waals surface area contributed by atoms with Crippen LogP contribution >= 0.6 is 0 Å². The van der Waals surface area contributed by atoms with Gasteiger partial charge in [0.15, 0.2) is 0 Å². The highest BCUT2D eigenvalue weighted by molar-refractivity contribution is 5.93. The number of rotatable bonds is 5. The highest BCUT2D eigenvalue weighted by Gasteiger charge is 2.35. The SMILES string of the molecule is NC(=O)c1ccc(OCC(N)C(N)=O)c(C(F)(F)F)c1. The lowest BCUT2D eigenvalue weighted by Gasteiger charge is -2.16. The largest absolute Gasteiger partial charge is 0.491 e. The minimum atomic E-state index is -4.75. The second-order valence-corrected chi connectivity index (χ2v) is 3.89. The van der Waals surface area contributed by atoms with E-state index in [1.807, 2.05) is 0 Å². The minimum Gasteiger partial charge on any atom is -0.491 e. The molecule has 0 spiro atoms. The van der Waals surface area contributed by atoms with Gasteiger partial charge in [0.05, 0.1) is 5.56 Å². The number of carbonyl (C=O) groups is 2. The molecule has 0 saturated carbocycles. The number of alkyl halides is 3. The molecule has 9 heteroatoms. The maximum absolute atomic E-state index is 12.8. The van der Waals surface area contributed by atoms with Gasteiger partial charge in [0, 0.05) is 5.56 Å². The molecule has 0 aliphatic carbocycles. The van der Waals surface area contributed by atoms with Gasteiger partial charge < -0.3 is 21.9 Å². The van der Waals surface area contributed by atoms with E-state index < -0.39 is 42.0 Å². The summed E-state index contributed by atoms with van der Waals surface area (Å²) in [5.41, 5.74) is 13.5. The average molecular weight is 291 g/mol. The molecule has 0 heterocycles. The molecule has 1 aromatic rings. The number of halogens is 3. The van der Waals surface area contributed by atoms with E-state index in [9.17, 15) is 22.8 Å². The van der Waals surface area contributed by atoms with Gasteiger partial charge in [0.1, 0.15) is 18.4 Å². The van der Waals surface area contributed by atoms with Crippen molar-refractivity contribution in [2.45, 2.75) is 12.2 Å². The molecule has 6 nitrogen and oxygen atoms in total. The molecule has 0 fully saturated rings. The number of carbonyl (C=O) groups excluding carboxylic acids is 2. The second-order valence-electron chi connectivity index (χ2n) is 3.89. The van der Waals surface area contributed by atoms with E-state index >= 15 is 0 Å². The lowest BCUT2D eigenvalue weighted by Crippen LogP contribution is -2.41. The highest BCUT2D eigenvalue weighted by atomic mass is 19.4. The first-order valence-corrected chi connectivity index (χ1v) is 5.31. The fraction of sp³-hybridized carbons (Fsp3) is 0.273. The fourth-order valence-corrected chi connectivity index (χ4v) is 1.29. The van der Waals surface area contributed by atoms with Crippen LogP contribution in [0.1, 0.15) is 15.9 Å². The number of hydrogen-bond donors (Lipinski definition) is 3. The standard InChI is InChI=1S/C11H12F3N3O3/c12-11(13,14)6-3-5(9(16)18)1-2-8(6)20-4-7(15)10(17)19/h1-3,7H,4,15H2,(H2,16,18)(H2,17,19). The molecule has 0 aliphatic rings. The summed E-state index contributed by atoms with van der Waals surface area (Å²) >= 11 is 0. The first-order chi connectivity index (χ1) is 9.12. The topological polar surface area (TPSA) is 121 Å². The van der Waals surface area contributed by atoms with Gasteiger partial charge in [-0.15, -0.1) is 0 Å². The number of hydrogen-bond acceptors (Lipinski definition) is 4. The smallest absolute Gasteiger partial charge is 0.419 e. The maximum atomic E-state index is 12.8. The summed E-state index contributed by atoms with van der Waals surface area (Å²) in [6, 6.07) is 1.32. The molecule has 20 heavy (non-hydrogen) atoms. The van der Waals surface area contributed by atoms with E-state index in [2.05, 4.69) is 0 Å². The van der Waals surface area contributed by atoms with Crippen molar-refractivity contribution in [1.29, 1.82) is 0 Å². The summed E-state index contributed by atoms with van der Waals surface area (Å²) in [7, 11) is 0. The summed E-state index contributed by atoms with van der Waals surface area (Å²) in [5, 5.41) is 0. The third-order valence-electron chi connectivity index (χ3n) is 2.35. The predicted octanol–water partition coefficient (Wildman–Crippen LogP) is -0.00430. The third kappa shape index (κ3) is 3.85. The van der Waals surface area contributed by atoms with Gasteiger partial charge in [-0.3, -0.25) is 9.59 Å². The Labute approximate surface area is 111 Å². The molecule has 0 aromatic heterocycles. The Bertz CT molecular complexity index is 531. The third-order valence-corrected chi connectivity index (χ3v) is 2.35. The number of amides is 2. The van der Waals surface area contributed by atoms with Crippen LogP contribution < -0.4 is 21.9 Å². The van der Waals surface area contributed by atoms with E-state index in [-0.39, 0.29) is 5.56 Å². The van der Waals surface area contributed by atoms with Crippen molar-refractivity contribution in [1.82, 2.24) is 0 Å². The summed E-state index contributed by atoms with van der Waals surface area (Å²) < 4.78 is 43.3. The molecular weight excluding hydrogens is 279 g/mol. The van der Waals surface area contributed by atoms with Crippen LogP contribution in [0.25, 0.3) is 0 Å². The predicted molar refractivity (Wildman–Crippen MR) is 62.6 cm³/mol. The Hall–Kier alpha value is -2.29. The van der Waals surface area contributed by atoms with E-state index in [0.717, 1.165) is 12.1 Å². The number of primary amides is 2. The van der Waals surface area contributed by atoms with E-state index in [1.54, 1.807) is 0 Å². The first kappa shape index (κ1) is 15.8. The second kappa shape index (κ2) is 5.78. The monoisotopic (exact) mass is 291 g/mol. The van der Waals surface area contributed by atoms with Gasteiger partial charge in [-0.25, -0.2) is 0 Å². The molecule has 1 unspecified atom stereocenters. The molecule has 1 rings (SSSR count). The van der Waals surface area contributed by atoms with Crippen LogP contribution in [0.5, 0.6) is 5.75 Å². The Morgan fingerprint density at radius 3 is 2.30 bits per heavy atom. The molecular formula is C11H12F3N3O3. The lowest BCUT2D eigenvalue weighted by molar-refractivity contribution is -0.139. The minimum absolute atomic E-state index is 0.316. The van der Waals surface area contributed by atoms with Gasteiger partial charge >= 0.3 is 6.18 Å². The zero-order valence-corrected chi connectivity index (χ0v) is 10.1. The Morgan fingerprint density at radius 1 is 1.25 bits per heavy atom. The summed E-state index contributed by atoms with van der Waals surface area (Å²) in [6.45, 7) is -0.520. The van der Waals surface area contributed by atoms with Crippen molar-refractivity contribution >= 4 is 11.8 Å². The average Bonchev–Trinajstić information content (AvgIpc) is 2.34. The fourth-order valence-electron chi connectivity index (χ4n) is 1.29. The Kier molecular flexibility index (Phi) is 4.56. The van der Waals surface area contributed by atoms with Crippen LogP contribution in [0, 0.1) is 0 Å². The summed E-state index contributed by atoms with van der Waals surface area (Å²) in [4.78, 5) is 21.6. The molecule has 6 N–H and O–H groups in total. The van der Waals surface area contributed by atoms with Crippen LogP contribution in [-0.2, 0) is 11.0 Å². The Morgan fingerprint density at radius 2 is 1.85 bits per heavy atom. The van der Waals surface area contributed by atoms with Gasteiger partial charge in [0.25, 0.3) is 0 Å². The maximum Gasteiger partial charge on any atom is 0.419 e. The van der Waals surface area contributed by atoms with Crippen molar-refractivity contribution in [3.05, 3.63) is 29.3 Å². The van der Waals surface area contributed by atoms with E-state index in [4.69, 9.17) is 21.9 Å². The normalized spacial score (nSPS) is 12.8. The lowest BCUT2D eigenvalue weighted by atomic mass is 10.1. The molecule has 110 valence electrons. The first-order valence-electron chi connectivity index (χ1n) is 5.31. The molecule has 0 bridgehead atoms. The van der Waals surface area contributed by atoms with E-state index in [1.165, 1.54) is 0 Å². The van der Waals surface area contributed by atoms with Crippen molar-refractivity contribution in [3.63, 3.8) is 0 Å². The van der Waals surface area contributed by atoms with Crippen LogP contribution in [-0.4, -0.2) is 24.5 Å². The zero-order valence-electron chi connectivity index (χ0n) is 10.1. The van der Waals surface area contributed by atoms with Crippen molar-refractivity contribution < 1.29 is 27.5 Å². The summed E-state index contributed by atoms with van der Waals surface area (Å²) in [5.74, 6) is -2.48. The zero-order chi connectivity index (χ0) is 15.5. The quantitative estimate of drug-likeness (QED) is 0.706. The van der Waals surface area contributed by atoms with E-state index in [0.29, 0.717) is 6.07 Å². The van der Waals surface area contributed by atoms with Crippen LogP contribution in [0.3, 0.4) is 0 Å². The highest BCUT2D eigenvalue weighted by Crippen LogP contribution is 2.36. The van der Waals surface area contributed by atoms with Gasteiger partial charge in [0.2, 0.25) is 11.8 Å². The number of ether oxygens (including phenoxy) is 1. The van der Waals surface area contributed by atoms with Gasteiger partial charge in [-0.05, 0) is 18.2 Å². The number of nitrogens with two attached hydrogens (primary N) is 3. The molecule has 1 aromatic carbocycles. The van der Waals surface area contributed by atoms with Gasteiger partial charge in [-0.2, -0.15) is 13.2 Å². The molecule has 0 aliphatic heterocycles.